The van der Waals surface area contributed by atoms with Gasteiger partial charge in [0.2, 0.25) is 5.78 Å². The van der Waals surface area contributed by atoms with Gasteiger partial charge in [-0.3, -0.25) is 9.59 Å². The lowest BCUT2D eigenvalue weighted by molar-refractivity contribution is 0.0520. The van der Waals surface area contributed by atoms with Crippen LogP contribution < -0.4 is 5.32 Å². The van der Waals surface area contributed by atoms with Gasteiger partial charge in [-0.1, -0.05) is 0 Å². The number of hydrogen-bond donors (Lipinski definition) is 2. The molecule has 0 saturated carbocycles. The van der Waals surface area contributed by atoms with Crippen LogP contribution in [0.3, 0.4) is 0 Å². The molecular weight excluding hydrogens is 238 g/mol. The molecule has 97 valence electrons. The van der Waals surface area contributed by atoms with Gasteiger partial charge in [0, 0.05) is 6.20 Å². The van der Waals surface area contributed by atoms with Crippen LogP contribution in [0.4, 0.5) is 4.79 Å². The van der Waals surface area contributed by atoms with Gasteiger partial charge in [-0.15, -0.1) is 0 Å². The predicted octanol–water partition coefficient (Wildman–Crippen LogP) is 0.575. The van der Waals surface area contributed by atoms with E-state index in [1.165, 1.54) is 12.5 Å². The number of nitrogens with one attached hydrogen (secondary N) is 2. The molecule has 7 nitrogen and oxygen atoms in total. The highest BCUT2D eigenvalue weighted by atomic mass is 16.6. The summed E-state index contributed by atoms with van der Waals surface area (Å²) < 4.78 is 4.96. The highest BCUT2D eigenvalue weighted by molar-refractivity contribution is 5.97. The number of carbonyl (C=O) groups is 2. The van der Waals surface area contributed by atoms with Crippen molar-refractivity contribution in [2.24, 2.45) is 0 Å². The maximum atomic E-state index is 11.6. The number of amides is 1. The van der Waals surface area contributed by atoms with Crippen molar-refractivity contribution in [3.05, 3.63) is 17.7 Å². The van der Waals surface area contributed by atoms with E-state index in [4.69, 9.17) is 4.74 Å². The summed E-state index contributed by atoms with van der Waals surface area (Å²) in [5.74, 6) is -0.491. The molecule has 18 heavy (non-hydrogen) atoms. The Morgan fingerprint density at radius 3 is 2.67 bits per heavy atom. The molecule has 1 rings (SSSR count). The molecule has 0 aliphatic carbocycles. The van der Waals surface area contributed by atoms with Crippen LogP contribution in [0.25, 0.3) is 0 Å². The number of nitrogens with zero attached hydrogens (tertiary/aromatic N) is 1. The second kappa shape index (κ2) is 5.44. The van der Waals surface area contributed by atoms with Gasteiger partial charge in [0.25, 0.3) is 6.29 Å². The summed E-state index contributed by atoms with van der Waals surface area (Å²) in [6, 6.07) is 0. The third-order valence-corrected chi connectivity index (χ3v) is 1.75. The quantitative estimate of drug-likeness (QED) is 0.763. The molecule has 1 heterocycles. The number of ketones is 1. The number of aromatic nitrogens is 2. The van der Waals surface area contributed by atoms with E-state index >= 15 is 0 Å². The Kier molecular flexibility index (Phi) is 4.19. The van der Waals surface area contributed by atoms with E-state index in [0.29, 0.717) is 0 Å². The van der Waals surface area contributed by atoms with E-state index in [1.807, 2.05) is 0 Å². The first-order chi connectivity index (χ1) is 8.31. The molecular formula is C11H14N3O4. The van der Waals surface area contributed by atoms with E-state index in [9.17, 15) is 14.4 Å². The number of ether oxygens (including phenoxy) is 1. The summed E-state index contributed by atoms with van der Waals surface area (Å²) in [4.78, 5) is 39.2. The topological polar surface area (TPSA) is 101 Å². The van der Waals surface area contributed by atoms with E-state index in [0.717, 1.165) is 0 Å². The van der Waals surface area contributed by atoms with Crippen LogP contribution in [0.2, 0.25) is 0 Å². The molecule has 0 aliphatic heterocycles. The van der Waals surface area contributed by atoms with E-state index < -0.39 is 17.5 Å². The second-order valence-corrected chi connectivity index (χ2v) is 4.52. The van der Waals surface area contributed by atoms with Crippen LogP contribution in [0, 0.1) is 0 Å². The minimum atomic E-state index is -0.687. The lowest BCUT2D eigenvalue weighted by Gasteiger charge is -2.19. The maximum Gasteiger partial charge on any atom is 0.408 e. The molecule has 7 heteroatoms. The van der Waals surface area contributed by atoms with Crippen LogP contribution in [-0.2, 0) is 9.53 Å². The van der Waals surface area contributed by atoms with Gasteiger partial charge in [0.15, 0.2) is 5.82 Å². The summed E-state index contributed by atoms with van der Waals surface area (Å²) in [7, 11) is 0. The van der Waals surface area contributed by atoms with E-state index in [-0.39, 0.29) is 18.1 Å². The molecule has 0 atom stereocenters. The van der Waals surface area contributed by atoms with Gasteiger partial charge in [-0.05, 0) is 20.8 Å². The summed E-state index contributed by atoms with van der Waals surface area (Å²) in [6.07, 6.45) is 2.11. The number of carbonyl (C=O) groups excluding carboxylic acids is 3. The fourth-order valence-corrected chi connectivity index (χ4v) is 1.07. The van der Waals surface area contributed by atoms with E-state index in [1.54, 1.807) is 20.8 Å². The summed E-state index contributed by atoms with van der Waals surface area (Å²) in [5, 5.41) is 2.30. The summed E-state index contributed by atoms with van der Waals surface area (Å²) in [6.45, 7) is 4.90. The minimum Gasteiger partial charge on any atom is -0.444 e. The highest BCUT2D eigenvalue weighted by Crippen LogP contribution is 2.06. The third-order valence-electron chi connectivity index (χ3n) is 1.75. The number of alkyl carbamates (subject to hydrolysis) is 1. The Morgan fingerprint density at radius 1 is 1.50 bits per heavy atom. The Hall–Kier alpha value is -2.18. The van der Waals surface area contributed by atoms with Crippen molar-refractivity contribution in [1.82, 2.24) is 15.3 Å². The smallest absolute Gasteiger partial charge is 0.408 e. The molecule has 0 aromatic carbocycles. The first-order valence-corrected chi connectivity index (χ1v) is 5.25. The van der Waals surface area contributed by atoms with Gasteiger partial charge in [0.05, 0.1) is 6.54 Å². The van der Waals surface area contributed by atoms with Crippen molar-refractivity contribution in [3.63, 3.8) is 0 Å². The van der Waals surface area contributed by atoms with Gasteiger partial charge >= 0.3 is 6.09 Å². The molecule has 0 fully saturated rings. The molecule has 1 aromatic heterocycles. The normalized spacial score (nSPS) is 10.8. The zero-order chi connectivity index (χ0) is 13.8. The average Bonchev–Trinajstić information content (AvgIpc) is 2.72. The first kappa shape index (κ1) is 13.9. The van der Waals surface area contributed by atoms with Gasteiger partial charge in [0.1, 0.15) is 11.3 Å². The number of H-pyrrole nitrogens is 1. The molecule has 1 aromatic rings. The Morgan fingerprint density at radius 2 is 2.17 bits per heavy atom. The molecule has 0 unspecified atom stereocenters. The second-order valence-electron chi connectivity index (χ2n) is 4.52. The van der Waals surface area contributed by atoms with Crippen molar-refractivity contribution >= 4 is 18.2 Å². The van der Waals surface area contributed by atoms with Crippen LogP contribution >= 0.6 is 0 Å². The molecule has 2 N–H and O–H groups in total. The lowest BCUT2D eigenvalue weighted by atomic mass is 10.2. The fourth-order valence-electron chi connectivity index (χ4n) is 1.07. The largest absolute Gasteiger partial charge is 0.444 e. The van der Waals surface area contributed by atoms with Gasteiger partial charge < -0.3 is 15.0 Å². The number of rotatable bonds is 4. The Labute approximate surface area is 104 Å². The van der Waals surface area contributed by atoms with Crippen molar-refractivity contribution in [2.45, 2.75) is 26.4 Å². The maximum absolute atomic E-state index is 11.6. The van der Waals surface area contributed by atoms with Crippen molar-refractivity contribution < 1.29 is 19.1 Å². The van der Waals surface area contributed by atoms with Crippen LogP contribution in [0.1, 0.15) is 37.1 Å². The SMILES string of the molecule is CC(C)(C)OC(=O)NCC(=O)c1c[nH]c([C]=O)n1. The summed E-state index contributed by atoms with van der Waals surface area (Å²) in [5.41, 5.74) is -0.566. The van der Waals surface area contributed by atoms with E-state index in [2.05, 4.69) is 15.3 Å². The zero-order valence-corrected chi connectivity index (χ0v) is 10.4. The number of imidazole rings is 1. The Balaban J connectivity index is 2.46. The van der Waals surface area contributed by atoms with Crippen molar-refractivity contribution in [1.29, 1.82) is 0 Å². The molecule has 1 amide bonds. The van der Waals surface area contributed by atoms with Crippen molar-refractivity contribution in [2.75, 3.05) is 6.54 Å². The monoisotopic (exact) mass is 252 g/mol. The lowest BCUT2D eigenvalue weighted by Crippen LogP contribution is -2.35. The Bertz CT molecular complexity index is 459. The first-order valence-electron chi connectivity index (χ1n) is 5.25. The molecule has 1 radical (unpaired) electrons. The van der Waals surface area contributed by atoms with Crippen LogP contribution in [0.15, 0.2) is 6.20 Å². The zero-order valence-electron chi connectivity index (χ0n) is 10.4. The molecule has 0 saturated heterocycles. The molecule has 0 aliphatic rings. The van der Waals surface area contributed by atoms with Crippen LogP contribution in [-0.4, -0.2) is 40.3 Å². The molecule has 0 spiro atoms. The van der Waals surface area contributed by atoms with Crippen LogP contribution in [0.5, 0.6) is 0 Å². The molecule has 0 bridgehead atoms. The predicted molar refractivity (Wildman–Crippen MR) is 62.0 cm³/mol. The van der Waals surface area contributed by atoms with Gasteiger partial charge in [-0.2, -0.15) is 0 Å². The standard InChI is InChI=1S/C11H14N3O4/c1-11(2,3)18-10(17)13-5-8(16)7-4-12-9(6-15)14-7/h4H,5H2,1-3H3,(H,12,14)(H,13,17). The number of aromatic amines is 1. The van der Waals surface area contributed by atoms with Gasteiger partial charge in [-0.25, -0.2) is 9.78 Å². The fraction of sp³-hybridized carbons (Fsp3) is 0.455. The highest BCUT2D eigenvalue weighted by Gasteiger charge is 2.17. The minimum absolute atomic E-state index is 0.0596. The number of hydrogen-bond acceptors (Lipinski definition) is 5. The average molecular weight is 252 g/mol. The third kappa shape index (κ3) is 4.36. The number of Topliss-reactive ketones (excluding diaryl/α,β-unsaturated/α-hetero) is 1. The summed E-state index contributed by atoms with van der Waals surface area (Å²) >= 11 is 0. The van der Waals surface area contributed by atoms with Crippen molar-refractivity contribution in [3.8, 4) is 0 Å².